The Hall–Kier alpha value is 0.400. The average molecular weight is 210 g/mol. The molecule has 1 atom stereocenters. The monoisotopic (exact) mass is 209 g/mol. The quantitative estimate of drug-likeness (QED) is 0.646. The minimum absolute atomic E-state index is 0. The van der Waals surface area contributed by atoms with Crippen LogP contribution < -0.4 is 0 Å². The Kier molecular flexibility index (Phi) is 5.31. The van der Waals surface area contributed by atoms with Crippen LogP contribution in [-0.4, -0.2) is 37.2 Å². The summed E-state index contributed by atoms with van der Waals surface area (Å²) in [4.78, 5) is 2.41. The molecule has 0 amide bonds. The molecule has 1 aliphatic heterocycles. The third-order valence-electron chi connectivity index (χ3n) is 1.77. The van der Waals surface area contributed by atoms with Crippen LogP contribution in [0.15, 0.2) is 0 Å². The fraction of sp³-hybridized carbons (Fsp3) is 1.00. The zero-order valence-corrected chi connectivity index (χ0v) is 8.38. The Morgan fingerprint density at radius 2 is 2.30 bits per heavy atom. The van der Waals surface area contributed by atoms with Gasteiger partial charge in [0.1, 0.15) is 0 Å². The lowest BCUT2D eigenvalue weighted by Gasteiger charge is -2.29. The first-order chi connectivity index (χ1) is 4.33. The molecule has 62 valence electrons. The van der Waals surface area contributed by atoms with Gasteiger partial charge in [-0.3, -0.25) is 4.90 Å². The molecule has 1 rings (SSSR count). The number of ether oxygens (including phenoxy) is 1. The molecule has 1 unspecified atom stereocenters. The van der Waals surface area contributed by atoms with E-state index in [2.05, 4.69) is 18.7 Å². The van der Waals surface area contributed by atoms with Crippen molar-refractivity contribution in [2.24, 2.45) is 0 Å². The summed E-state index contributed by atoms with van der Waals surface area (Å²) in [7, 11) is 0. The minimum Gasteiger partial charge on any atom is -0.376 e. The number of rotatable bonds is 1. The second-order valence-corrected chi connectivity index (χ2v) is 2.57. The van der Waals surface area contributed by atoms with Crippen LogP contribution in [0.3, 0.4) is 0 Å². The van der Waals surface area contributed by atoms with Crippen molar-refractivity contribution in [3.8, 4) is 0 Å². The van der Waals surface area contributed by atoms with E-state index >= 15 is 0 Å². The van der Waals surface area contributed by atoms with Gasteiger partial charge in [0, 0.05) is 13.1 Å². The van der Waals surface area contributed by atoms with E-state index in [0.717, 1.165) is 26.2 Å². The van der Waals surface area contributed by atoms with Gasteiger partial charge >= 0.3 is 0 Å². The first kappa shape index (κ1) is 10.4. The van der Waals surface area contributed by atoms with Gasteiger partial charge in [0.15, 0.2) is 0 Å². The summed E-state index contributed by atoms with van der Waals surface area (Å²) in [5.41, 5.74) is 0. The van der Waals surface area contributed by atoms with E-state index in [4.69, 9.17) is 4.74 Å². The summed E-state index contributed by atoms with van der Waals surface area (Å²) < 4.78 is 5.37. The van der Waals surface area contributed by atoms with Gasteiger partial charge in [0.25, 0.3) is 0 Å². The van der Waals surface area contributed by atoms with Crippen LogP contribution in [0.4, 0.5) is 0 Å². The zero-order chi connectivity index (χ0) is 6.69. The summed E-state index contributed by atoms with van der Waals surface area (Å²) in [5.74, 6) is 0. The van der Waals surface area contributed by atoms with Gasteiger partial charge in [-0.05, 0) is 13.5 Å². The highest BCUT2D eigenvalue weighted by Gasteiger charge is 2.13. The van der Waals surface area contributed by atoms with Crippen LogP contribution in [0.25, 0.3) is 0 Å². The van der Waals surface area contributed by atoms with Crippen molar-refractivity contribution in [2.45, 2.75) is 20.0 Å². The molecule has 3 heteroatoms. The SMILES string of the molecule is Br.CCN1CCOC(C)C1. The van der Waals surface area contributed by atoms with Crippen molar-refractivity contribution in [2.75, 3.05) is 26.2 Å². The van der Waals surface area contributed by atoms with E-state index in [-0.39, 0.29) is 17.0 Å². The second-order valence-electron chi connectivity index (χ2n) is 2.57. The van der Waals surface area contributed by atoms with Crippen molar-refractivity contribution < 1.29 is 4.74 Å². The topological polar surface area (TPSA) is 12.5 Å². The van der Waals surface area contributed by atoms with Crippen LogP contribution in [0.2, 0.25) is 0 Å². The maximum absolute atomic E-state index is 5.37. The molecule has 0 aliphatic carbocycles. The van der Waals surface area contributed by atoms with Gasteiger partial charge in [0.05, 0.1) is 12.7 Å². The fourth-order valence-electron chi connectivity index (χ4n) is 1.18. The molecule has 0 aromatic rings. The molecule has 0 bridgehead atoms. The Bertz CT molecular complexity index is 89.7. The molecule has 1 fully saturated rings. The van der Waals surface area contributed by atoms with E-state index in [1.165, 1.54) is 0 Å². The third-order valence-corrected chi connectivity index (χ3v) is 1.77. The van der Waals surface area contributed by atoms with Crippen molar-refractivity contribution in [3.63, 3.8) is 0 Å². The highest BCUT2D eigenvalue weighted by atomic mass is 79.9. The normalized spacial score (nSPS) is 27.6. The molecule has 0 aromatic heterocycles. The first-order valence-corrected chi connectivity index (χ1v) is 3.67. The zero-order valence-electron chi connectivity index (χ0n) is 6.67. The highest BCUT2D eigenvalue weighted by molar-refractivity contribution is 8.93. The Balaban J connectivity index is 0.000000810. The maximum Gasteiger partial charge on any atom is 0.0674 e. The molecular formula is C7H16BrNO. The largest absolute Gasteiger partial charge is 0.376 e. The van der Waals surface area contributed by atoms with Gasteiger partial charge in [-0.15, -0.1) is 17.0 Å². The molecule has 2 nitrogen and oxygen atoms in total. The molecule has 1 heterocycles. The summed E-state index contributed by atoms with van der Waals surface area (Å²) >= 11 is 0. The van der Waals surface area contributed by atoms with Crippen molar-refractivity contribution >= 4 is 17.0 Å². The Morgan fingerprint density at radius 3 is 2.70 bits per heavy atom. The lowest BCUT2D eigenvalue weighted by Crippen LogP contribution is -2.40. The number of morpholine rings is 1. The molecule has 0 spiro atoms. The van der Waals surface area contributed by atoms with E-state index in [1.807, 2.05) is 0 Å². The van der Waals surface area contributed by atoms with Gasteiger partial charge in [-0.25, -0.2) is 0 Å². The lowest BCUT2D eigenvalue weighted by atomic mass is 10.3. The van der Waals surface area contributed by atoms with Crippen LogP contribution in [-0.2, 0) is 4.74 Å². The Morgan fingerprint density at radius 1 is 1.60 bits per heavy atom. The molecule has 0 saturated carbocycles. The third kappa shape index (κ3) is 2.99. The number of nitrogens with zero attached hydrogens (tertiary/aromatic N) is 1. The van der Waals surface area contributed by atoms with Gasteiger partial charge in [-0.1, -0.05) is 6.92 Å². The summed E-state index contributed by atoms with van der Waals surface area (Å²) in [6.07, 6.45) is 0.443. The van der Waals surface area contributed by atoms with Crippen LogP contribution in [0, 0.1) is 0 Å². The first-order valence-electron chi connectivity index (χ1n) is 3.67. The summed E-state index contributed by atoms with van der Waals surface area (Å²) in [6.45, 7) is 8.61. The molecule has 0 radical (unpaired) electrons. The average Bonchev–Trinajstić information content (AvgIpc) is 1.88. The predicted octanol–water partition coefficient (Wildman–Crippen LogP) is 1.30. The molecule has 1 saturated heterocycles. The fourth-order valence-corrected chi connectivity index (χ4v) is 1.18. The number of hydrogen-bond acceptors (Lipinski definition) is 2. The van der Waals surface area contributed by atoms with E-state index in [9.17, 15) is 0 Å². The van der Waals surface area contributed by atoms with Crippen LogP contribution in [0.5, 0.6) is 0 Å². The molecule has 1 aliphatic rings. The standard InChI is InChI=1S/C7H15NO.BrH/c1-3-8-4-5-9-7(2)6-8;/h7H,3-6H2,1-2H3;1H. The second kappa shape index (κ2) is 5.10. The number of halogens is 1. The summed E-state index contributed by atoms with van der Waals surface area (Å²) in [6, 6.07) is 0. The van der Waals surface area contributed by atoms with Crippen molar-refractivity contribution in [3.05, 3.63) is 0 Å². The molecule has 10 heavy (non-hydrogen) atoms. The highest BCUT2D eigenvalue weighted by Crippen LogP contribution is 2.02. The van der Waals surface area contributed by atoms with E-state index in [0.29, 0.717) is 6.10 Å². The van der Waals surface area contributed by atoms with Crippen molar-refractivity contribution in [1.29, 1.82) is 0 Å². The lowest BCUT2D eigenvalue weighted by molar-refractivity contribution is -0.0162. The van der Waals surface area contributed by atoms with Gasteiger partial charge in [-0.2, -0.15) is 0 Å². The predicted molar refractivity (Wildman–Crippen MR) is 47.9 cm³/mol. The number of hydrogen-bond donors (Lipinski definition) is 0. The number of likely N-dealkylation sites (N-methyl/N-ethyl adjacent to an activating group) is 1. The van der Waals surface area contributed by atoms with E-state index in [1.54, 1.807) is 0 Å². The van der Waals surface area contributed by atoms with Gasteiger partial charge < -0.3 is 4.74 Å². The van der Waals surface area contributed by atoms with Gasteiger partial charge in [0.2, 0.25) is 0 Å². The molecule has 0 N–H and O–H groups in total. The smallest absolute Gasteiger partial charge is 0.0674 e. The minimum atomic E-state index is 0. The Labute approximate surface area is 73.3 Å². The maximum atomic E-state index is 5.37. The van der Waals surface area contributed by atoms with Crippen LogP contribution >= 0.6 is 17.0 Å². The molecule has 0 aromatic carbocycles. The van der Waals surface area contributed by atoms with E-state index < -0.39 is 0 Å². The molecular weight excluding hydrogens is 194 g/mol. The van der Waals surface area contributed by atoms with Crippen molar-refractivity contribution in [1.82, 2.24) is 4.90 Å². The summed E-state index contributed by atoms with van der Waals surface area (Å²) in [5, 5.41) is 0. The van der Waals surface area contributed by atoms with Crippen LogP contribution in [0.1, 0.15) is 13.8 Å².